The molecular weight excluding hydrogens is 423 g/mol. The largest absolute Gasteiger partial charge is 0.573 e. The Balaban J connectivity index is 1.98. The van der Waals surface area contributed by atoms with Crippen molar-refractivity contribution in [2.45, 2.75) is 52.2 Å². The van der Waals surface area contributed by atoms with Gasteiger partial charge in [0, 0.05) is 25.2 Å². The number of hydrogen-bond acceptors (Lipinski definition) is 3. The number of benzene rings is 2. The van der Waals surface area contributed by atoms with Crippen LogP contribution in [0, 0.1) is 0 Å². The summed E-state index contributed by atoms with van der Waals surface area (Å²) in [5.74, 6) is -0.294. The number of nitrogens with zero attached hydrogens (tertiary/aromatic N) is 1. The highest BCUT2D eigenvalue weighted by atomic mass is 19.4. The van der Waals surface area contributed by atoms with Gasteiger partial charge < -0.3 is 20.3 Å². The monoisotopic (exact) mass is 449 g/mol. The number of rotatable bonds is 5. The van der Waals surface area contributed by atoms with Crippen LogP contribution >= 0.6 is 0 Å². The van der Waals surface area contributed by atoms with Gasteiger partial charge in [0.25, 0.3) is 0 Å². The average Bonchev–Trinajstić information content (AvgIpc) is 2.69. The van der Waals surface area contributed by atoms with Crippen molar-refractivity contribution in [3.8, 4) is 16.9 Å². The molecule has 0 saturated carbocycles. The van der Waals surface area contributed by atoms with Crippen LogP contribution in [0.3, 0.4) is 0 Å². The third-order valence-corrected chi connectivity index (χ3v) is 5.03. The van der Waals surface area contributed by atoms with E-state index in [1.807, 2.05) is 32.9 Å². The second-order valence-electron chi connectivity index (χ2n) is 8.66. The van der Waals surface area contributed by atoms with E-state index in [-0.39, 0.29) is 23.9 Å². The highest BCUT2D eigenvalue weighted by Crippen LogP contribution is 2.35. The van der Waals surface area contributed by atoms with Gasteiger partial charge >= 0.3 is 12.4 Å². The summed E-state index contributed by atoms with van der Waals surface area (Å²) in [6.45, 7) is 6.78. The summed E-state index contributed by atoms with van der Waals surface area (Å²) < 4.78 is 42.0. The Bertz CT molecular complexity index is 1000. The molecular formula is C23H26F3N3O3. The fraction of sp³-hybridized carbons (Fsp3) is 0.391. The van der Waals surface area contributed by atoms with E-state index in [1.165, 1.54) is 18.2 Å². The van der Waals surface area contributed by atoms with Crippen LogP contribution in [0.2, 0.25) is 0 Å². The molecule has 2 aromatic carbocycles. The second kappa shape index (κ2) is 9.10. The van der Waals surface area contributed by atoms with Crippen molar-refractivity contribution in [3.63, 3.8) is 0 Å². The molecule has 0 aliphatic carbocycles. The lowest BCUT2D eigenvalue weighted by molar-refractivity contribution is -0.274. The molecule has 1 aliphatic rings. The van der Waals surface area contributed by atoms with Crippen LogP contribution in [0.15, 0.2) is 36.4 Å². The molecule has 3 amide bonds. The Kier molecular flexibility index (Phi) is 6.66. The molecule has 3 rings (SSSR count). The van der Waals surface area contributed by atoms with Crippen LogP contribution in [0.25, 0.3) is 11.1 Å². The lowest BCUT2D eigenvalue weighted by Crippen LogP contribution is -2.50. The first-order chi connectivity index (χ1) is 15.0. The number of hydrogen-bond donors (Lipinski definition) is 2. The topological polar surface area (TPSA) is 70.7 Å². The predicted molar refractivity (Wildman–Crippen MR) is 114 cm³/mol. The summed E-state index contributed by atoms with van der Waals surface area (Å²) in [5.41, 5.74) is 3.66. The van der Waals surface area contributed by atoms with Gasteiger partial charge in [0.1, 0.15) is 5.75 Å². The first kappa shape index (κ1) is 23.4. The van der Waals surface area contributed by atoms with E-state index in [0.29, 0.717) is 31.5 Å². The molecule has 0 atom stereocenters. The third-order valence-electron chi connectivity index (χ3n) is 5.03. The molecule has 6 nitrogen and oxygen atoms in total. The number of carbonyl (C=O) groups excluding carboxylic acids is 2. The van der Waals surface area contributed by atoms with Gasteiger partial charge in [-0.3, -0.25) is 4.79 Å². The van der Waals surface area contributed by atoms with Crippen molar-refractivity contribution < 1.29 is 27.5 Å². The van der Waals surface area contributed by atoms with Crippen LogP contribution < -0.4 is 15.4 Å². The van der Waals surface area contributed by atoms with Crippen molar-refractivity contribution in [3.05, 3.63) is 53.1 Å². The van der Waals surface area contributed by atoms with E-state index >= 15 is 0 Å². The molecule has 0 fully saturated rings. The lowest BCUT2D eigenvalue weighted by Gasteiger charge is -2.34. The van der Waals surface area contributed by atoms with Crippen molar-refractivity contribution in [1.29, 1.82) is 0 Å². The number of fused-ring (bicyclic) bond motifs is 1. The molecule has 2 N–H and O–H groups in total. The summed E-state index contributed by atoms with van der Waals surface area (Å²) in [5, 5.41) is 5.60. The molecule has 0 spiro atoms. The normalized spacial score (nSPS) is 13.9. The van der Waals surface area contributed by atoms with Gasteiger partial charge in [-0.25, -0.2) is 4.79 Å². The molecule has 0 bridgehead atoms. The summed E-state index contributed by atoms with van der Waals surface area (Å²) in [4.78, 5) is 25.2. The highest BCUT2D eigenvalue weighted by molar-refractivity contribution is 5.77. The maximum absolute atomic E-state index is 12.7. The number of amides is 3. The van der Waals surface area contributed by atoms with Gasteiger partial charge in [-0.1, -0.05) is 24.3 Å². The molecule has 0 unspecified atom stereocenters. The van der Waals surface area contributed by atoms with Crippen molar-refractivity contribution in [1.82, 2.24) is 15.5 Å². The molecule has 1 heterocycles. The Morgan fingerprint density at radius 1 is 1.16 bits per heavy atom. The number of ether oxygens (including phenoxy) is 1. The van der Waals surface area contributed by atoms with E-state index in [9.17, 15) is 22.8 Å². The Hall–Kier alpha value is -3.23. The fourth-order valence-corrected chi connectivity index (χ4v) is 3.76. The number of alkyl halides is 3. The fourth-order valence-electron chi connectivity index (χ4n) is 3.76. The Morgan fingerprint density at radius 2 is 1.91 bits per heavy atom. The minimum Gasteiger partial charge on any atom is -0.406 e. The highest BCUT2D eigenvalue weighted by Gasteiger charge is 2.31. The number of nitrogens with one attached hydrogen (secondary N) is 2. The average molecular weight is 449 g/mol. The zero-order chi connectivity index (χ0) is 23.5. The molecule has 0 saturated heterocycles. The van der Waals surface area contributed by atoms with Crippen LogP contribution in [0.1, 0.15) is 37.5 Å². The van der Waals surface area contributed by atoms with Crippen molar-refractivity contribution >= 4 is 12.4 Å². The second-order valence-corrected chi connectivity index (χ2v) is 8.66. The van der Waals surface area contributed by atoms with Gasteiger partial charge in [0.2, 0.25) is 6.41 Å². The predicted octanol–water partition coefficient (Wildman–Crippen LogP) is 4.36. The van der Waals surface area contributed by atoms with Crippen LogP contribution in [-0.4, -0.2) is 35.8 Å². The maximum Gasteiger partial charge on any atom is 0.573 e. The van der Waals surface area contributed by atoms with Crippen molar-refractivity contribution in [2.75, 3.05) is 6.54 Å². The smallest absolute Gasteiger partial charge is 0.406 e. The summed E-state index contributed by atoms with van der Waals surface area (Å²) in [6, 6.07) is 9.31. The van der Waals surface area contributed by atoms with E-state index in [2.05, 4.69) is 15.4 Å². The van der Waals surface area contributed by atoms with Gasteiger partial charge in [-0.2, -0.15) is 0 Å². The Labute approximate surface area is 184 Å². The van der Waals surface area contributed by atoms with Gasteiger partial charge in [-0.05, 0) is 67.1 Å². The summed E-state index contributed by atoms with van der Waals surface area (Å²) in [7, 11) is 0. The molecule has 2 aromatic rings. The SMILES string of the molecule is CC(C)(C)NC(=O)N1CCc2c(-c3cccc(OC(F)(F)F)c3)ccc(CNC=O)c2C1. The molecule has 32 heavy (non-hydrogen) atoms. The number of urea groups is 1. The standard InChI is InChI=1S/C23H26F3N3O3/c1-22(2,3)28-21(31)29-10-9-19-18(8-7-16(12-27-14-30)20(19)13-29)15-5-4-6-17(11-15)32-23(24,25)26/h4-8,11,14H,9-10,12-13H2,1-3H3,(H,27,30)(H,28,31). The number of carbonyl (C=O) groups is 2. The van der Waals surface area contributed by atoms with Gasteiger partial charge in [0.05, 0.1) is 0 Å². The van der Waals surface area contributed by atoms with Crippen molar-refractivity contribution in [2.24, 2.45) is 0 Å². The van der Waals surface area contributed by atoms with E-state index in [4.69, 9.17) is 0 Å². The first-order valence-corrected chi connectivity index (χ1v) is 10.2. The molecule has 172 valence electrons. The molecule has 0 aromatic heterocycles. The zero-order valence-corrected chi connectivity index (χ0v) is 18.2. The Morgan fingerprint density at radius 3 is 2.56 bits per heavy atom. The molecule has 0 radical (unpaired) electrons. The lowest BCUT2D eigenvalue weighted by atomic mass is 9.87. The van der Waals surface area contributed by atoms with Gasteiger partial charge in [0.15, 0.2) is 0 Å². The van der Waals surface area contributed by atoms with E-state index < -0.39 is 6.36 Å². The van der Waals surface area contributed by atoms with Gasteiger partial charge in [-0.15, -0.1) is 13.2 Å². The maximum atomic E-state index is 12.7. The first-order valence-electron chi connectivity index (χ1n) is 10.2. The van der Waals surface area contributed by atoms with Crippen LogP contribution in [0.5, 0.6) is 5.75 Å². The third kappa shape index (κ3) is 5.93. The molecule has 1 aliphatic heterocycles. The summed E-state index contributed by atoms with van der Waals surface area (Å²) >= 11 is 0. The molecule has 9 heteroatoms. The van der Waals surface area contributed by atoms with E-state index in [1.54, 1.807) is 11.0 Å². The van der Waals surface area contributed by atoms with E-state index in [0.717, 1.165) is 22.3 Å². The van der Waals surface area contributed by atoms with Crippen LogP contribution in [-0.2, 0) is 24.3 Å². The zero-order valence-electron chi connectivity index (χ0n) is 18.2. The number of halogens is 3. The summed E-state index contributed by atoms with van der Waals surface area (Å²) in [6.07, 6.45) is -3.64. The van der Waals surface area contributed by atoms with Crippen LogP contribution in [0.4, 0.5) is 18.0 Å². The minimum atomic E-state index is -4.77. The minimum absolute atomic E-state index is 0.191. The quantitative estimate of drug-likeness (QED) is 0.667.